The number of ketones is 1. The van der Waals surface area contributed by atoms with Gasteiger partial charge in [-0.1, -0.05) is 35.9 Å². The van der Waals surface area contributed by atoms with Gasteiger partial charge in [0.25, 0.3) is 0 Å². The summed E-state index contributed by atoms with van der Waals surface area (Å²) in [4.78, 5) is 11.3. The highest BCUT2D eigenvalue weighted by Crippen LogP contribution is 2.34. The van der Waals surface area contributed by atoms with Crippen LogP contribution in [0.3, 0.4) is 0 Å². The molecular weight excluding hydrogens is 284 g/mol. The standard InChI is InChI=1S/C18H13ClO2/c1-12(20)13-6-8-14(9-7-13)21-18-11-10-17(19)15-4-2-3-5-16(15)18/h2-11H,1H3. The van der Waals surface area contributed by atoms with E-state index in [1.54, 1.807) is 31.2 Å². The van der Waals surface area contributed by atoms with E-state index in [4.69, 9.17) is 16.3 Å². The Hall–Kier alpha value is -2.32. The summed E-state index contributed by atoms with van der Waals surface area (Å²) in [5.74, 6) is 1.47. The smallest absolute Gasteiger partial charge is 0.159 e. The number of hydrogen-bond donors (Lipinski definition) is 0. The second-order valence-corrected chi connectivity index (χ2v) is 5.18. The maximum atomic E-state index is 11.3. The number of fused-ring (bicyclic) bond motifs is 1. The second kappa shape index (κ2) is 5.58. The molecule has 0 N–H and O–H groups in total. The second-order valence-electron chi connectivity index (χ2n) is 4.77. The predicted molar refractivity (Wildman–Crippen MR) is 85.5 cm³/mol. The first-order valence-corrected chi connectivity index (χ1v) is 6.99. The van der Waals surface area contributed by atoms with Crippen molar-refractivity contribution in [3.63, 3.8) is 0 Å². The molecule has 0 amide bonds. The summed E-state index contributed by atoms with van der Waals surface area (Å²) in [5, 5.41) is 2.61. The van der Waals surface area contributed by atoms with Crippen molar-refractivity contribution in [2.24, 2.45) is 0 Å². The molecule has 0 aliphatic carbocycles. The highest BCUT2D eigenvalue weighted by atomic mass is 35.5. The van der Waals surface area contributed by atoms with Crippen molar-refractivity contribution < 1.29 is 9.53 Å². The first kappa shape index (κ1) is 13.7. The lowest BCUT2D eigenvalue weighted by atomic mass is 10.1. The molecule has 0 heterocycles. The van der Waals surface area contributed by atoms with Gasteiger partial charge in [0.2, 0.25) is 0 Å². The zero-order valence-electron chi connectivity index (χ0n) is 11.5. The summed E-state index contributed by atoms with van der Waals surface area (Å²) in [7, 11) is 0. The number of carbonyl (C=O) groups is 1. The number of ether oxygens (including phenoxy) is 1. The van der Waals surface area contributed by atoms with E-state index in [1.165, 1.54) is 0 Å². The molecule has 104 valence electrons. The molecule has 3 rings (SSSR count). The van der Waals surface area contributed by atoms with Gasteiger partial charge in [0.15, 0.2) is 5.78 Å². The van der Waals surface area contributed by atoms with Gasteiger partial charge < -0.3 is 4.74 Å². The SMILES string of the molecule is CC(=O)c1ccc(Oc2ccc(Cl)c3ccccc23)cc1. The largest absolute Gasteiger partial charge is 0.457 e. The zero-order valence-corrected chi connectivity index (χ0v) is 12.2. The van der Waals surface area contributed by atoms with Crippen molar-refractivity contribution >= 4 is 28.2 Å². The van der Waals surface area contributed by atoms with Crippen LogP contribution in [0.25, 0.3) is 10.8 Å². The molecule has 2 nitrogen and oxygen atoms in total. The van der Waals surface area contributed by atoms with E-state index < -0.39 is 0 Å². The average molecular weight is 297 g/mol. The summed E-state index contributed by atoms with van der Waals surface area (Å²) in [5.41, 5.74) is 0.670. The van der Waals surface area contributed by atoms with Crippen LogP contribution in [-0.2, 0) is 0 Å². The van der Waals surface area contributed by atoms with E-state index >= 15 is 0 Å². The lowest BCUT2D eigenvalue weighted by Crippen LogP contribution is -1.92. The number of halogens is 1. The van der Waals surface area contributed by atoms with Gasteiger partial charge in [-0.3, -0.25) is 4.79 Å². The maximum Gasteiger partial charge on any atom is 0.159 e. The van der Waals surface area contributed by atoms with Gasteiger partial charge >= 0.3 is 0 Å². The lowest BCUT2D eigenvalue weighted by molar-refractivity contribution is 0.101. The Balaban J connectivity index is 1.98. The minimum absolute atomic E-state index is 0.0403. The highest BCUT2D eigenvalue weighted by Gasteiger charge is 2.07. The van der Waals surface area contributed by atoms with Gasteiger partial charge in [0.1, 0.15) is 11.5 Å². The maximum absolute atomic E-state index is 11.3. The highest BCUT2D eigenvalue weighted by molar-refractivity contribution is 6.35. The van der Waals surface area contributed by atoms with Gasteiger partial charge in [-0.25, -0.2) is 0 Å². The van der Waals surface area contributed by atoms with E-state index in [-0.39, 0.29) is 5.78 Å². The summed E-state index contributed by atoms with van der Waals surface area (Å²) in [6.45, 7) is 1.54. The molecule has 0 fully saturated rings. The Morgan fingerprint density at radius 3 is 2.24 bits per heavy atom. The number of benzene rings is 3. The van der Waals surface area contributed by atoms with Crippen molar-refractivity contribution in [2.75, 3.05) is 0 Å². The van der Waals surface area contributed by atoms with E-state index in [0.717, 1.165) is 16.5 Å². The number of rotatable bonds is 3. The van der Waals surface area contributed by atoms with Crippen LogP contribution in [0, 0.1) is 0 Å². The van der Waals surface area contributed by atoms with Crippen molar-refractivity contribution in [1.29, 1.82) is 0 Å². The fourth-order valence-electron chi connectivity index (χ4n) is 2.21. The lowest BCUT2D eigenvalue weighted by Gasteiger charge is -2.10. The number of hydrogen-bond acceptors (Lipinski definition) is 2. The fourth-order valence-corrected chi connectivity index (χ4v) is 2.44. The summed E-state index contributed by atoms with van der Waals surface area (Å²) in [6.07, 6.45) is 0. The van der Waals surface area contributed by atoms with E-state index in [2.05, 4.69) is 0 Å². The molecule has 0 saturated carbocycles. The molecule has 0 atom stereocenters. The molecular formula is C18H13ClO2. The van der Waals surface area contributed by atoms with Crippen LogP contribution in [-0.4, -0.2) is 5.78 Å². The number of Topliss-reactive ketones (excluding diaryl/α,β-unsaturated/α-hetero) is 1. The van der Waals surface area contributed by atoms with Crippen LogP contribution in [0.15, 0.2) is 60.7 Å². The molecule has 0 saturated heterocycles. The molecule has 0 aliphatic heterocycles. The van der Waals surface area contributed by atoms with Crippen molar-refractivity contribution in [3.8, 4) is 11.5 Å². The van der Waals surface area contributed by atoms with Crippen molar-refractivity contribution in [3.05, 3.63) is 71.2 Å². The predicted octanol–water partition coefficient (Wildman–Crippen LogP) is 5.49. The Kier molecular flexibility index (Phi) is 3.63. The van der Waals surface area contributed by atoms with Gasteiger partial charge in [-0.2, -0.15) is 0 Å². The molecule has 21 heavy (non-hydrogen) atoms. The monoisotopic (exact) mass is 296 g/mol. The van der Waals surface area contributed by atoms with Crippen LogP contribution in [0.5, 0.6) is 11.5 Å². The van der Waals surface area contributed by atoms with Crippen molar-refractivity contribution in [2.45, 2.75) is 6.92 Å². The molecule has 0 bridgehead atoms. The molecule has 3 aromatic rings. The third kappa shape index (κ3) is 2.76. The summed E-state index contributed by atoms with van der Waals surface area (Å²) < 4.78 is 5.91. The third-order valence-corrected chi connectivity index (χ3v) is 3.65. The Morgan fingerprint density at radius 1 is 0.905 bits per heavy atom. The minimum atomic E-state index is 0.0403. The Bertz CT molecular complexity index is 807. The Labute approximate surface area is 127 Å². The van der Waals surface area contributed by atoms with E-state index in [9.17, 15) is 4.79 Å². The first-order chi connectivity index (χ1) is 10.1. The first-order valence-electron chi connectivity index (χ1n) is 6.61. The molecule has 0 spiro atoms. The molecule has 3 heteroatoms. The van der Waals surface area contributed by atoms with Crippen LogP contribution < -0.4 is 4.74 Å². The summed E-state index contributed by atoms with van der Waals surface area (Å²) in [6, 6.07) is 18.6. The van der Waals surface area contributed by atoms with Crippen LogP contribution in [0.4, 0.5) is 0 Å². The molecule has 0 radical (unpaired) electrons. The molecule has 0 aromatic heterocycles. The van der Waals surface area contributed by atoms with Crippen LogP contribution >= 0.6 is 11.6 Å². The minimum Gasteiger partial charge on any atom is -0.457 e. The Morgan fingerprint density at radius 2 is 1.57 bits per heavy atom. The van der Waals surface area contributed by atoms with Gasteiger partial charge in [-0.15, -0.1) is 0 Å². The molecule has 0 aliphatic rings. The fraction of sp³-hybridized carbons (Fsp3) is 0.0556. The van der Waals surface area contributed by atoms with Gasteiger partial charge in [0.05, 0.1) is 0 Å². The quantitative estimate of drug-likeness (QED) is 0.598. The van der Waals surface area contributed by atoms with Crippen LogP contribution in [0.2, 0.25) is 5.02 Å². The third-order valence-electron chi connectivity index (χ3n) is 3.32. The van der Waals surface area contributed by atoms with Gasteiger partial charge in [0, 0.05) is 21.4 Å². The van der Waals surface area contributed by atoms with E-state index in [0.29, 0.717) is 16.3 Å². The zero-order chi connectivity index (χ0) is 14.8. The van der Waals surface area contributed by atoms with Crippen LogP contribution in [0.1, 0.15) is 17.3 Å². The topological polar surface area (TPSA) is 26.3 Å². The summed E-state index contributed by atoms with van der Waals surface area (Å²) >= 11 is 6.19. The average Bonchev–Trinajstić information content (AvgIpc) is 2.51. The molecule has 0 unspecified atom stereocenters. The van der Waals surface area contributed by atoms with Crippen molar-refractivity contribution in [1.82, 2.24) is 0 Å². The number of carbonyl (C=O) groups excluding carboxylic acids is 1. The van der Waals surface area contributed by atoms with E-state index in [1.807, 2.05) is 36.4 Å². The normalized spacial score (nSPS) is 10.6. The molecule has 3 aromatic carbocycles. The van der Waals surface area contributed by atoms with Gasteiger partial charge in [-0.05, 0) is 43.3 Å².